The lowest BCUT2D eigenvalue weighted by Gasteiger charge is -2.21. The molecule has 2 heterocycles. The first-order valence-corrected chi connectivity index (χ1v) is 5.12. The van der Waals surface area contributed by atoms with Crippen LogP contribution in [-0.2, 0) is 13.0 Å². The van der Waals surface area contributed by atoms with Crippen LogP contribution in [0.3, 0.4) is 0 Å². The van der Waals surface area contributed by atoms with Crippen LogP contribution < -0.4 is 5.73 Å². The first kappa shape index (κ1) is 8.35. The van der Waals surface area contributed by atoms with Crippen LogP contribution >= 0.6 is 22.9 Å². The molecule has 0 aromatic carbocycles. The molecule has 0 saturated heterocycles. The summed E-state index contributed by atoms with van der Waals surface area (Å²) in [4.78, 5) is 3.63. The summed E-state index contributed by atoms with van der Waals surface area (Å²) >= 11 is 7.56. The molecular formula is C8H11ClN2S. The monoisotopic (exact) mass is 202 g/mol. The van der Waals surface area contributed by atoms with Gasteiger partial charge in [-0.3, -0.25) is 0 Å². The SMILES string of the molecule is CN1CCc2c(sc(Cl)c2N)C1. The van der Waals surface area contributed by atoms with Crippen molar-refractivity contribution < 1.29 is 0 Å². The van der Waals surface area contributed by atoms with Crippen molar-refractivity contribution in [1.82, 2.24) is 4.90 Å². The molecule has 0 aliphatic carbocycles. The van der Waals surface area contributed by atoms with E-state index in [-0.39, 0.29) is 0 Å². The van der Waals surface area contributed by atoms with Gasteiger partial charge in [0.15, 0.2) is 0 Å². The fourth-order valence-corrected chi connectivity index (χ4v) is 2.99. The summed E-state index contributed by atoms with van der Waals surface area (Å²) in [6, 6.07) is 0. The zero-order chi connectivity index (χ0) is 8.72. The number of hydrogen-bond donors (Lipinski definition) is 1. The number of fused-ring (bicyclic) bond motifs is 1. The molecule has 1 aromatic rings. The maximum absolute atomic E-state index is 5.94. The predicted octanol–water partition coefficient (Wildman–Crippen LogP) is 1.97. The third-order valence-electron chi connectivity index (χ3n) is 2.24. The van der Waals surface area contributed by atoms with E-state index in [0.29, 0.717) is 0 Å². The Morgan fingerprint density at radius 3 is 3.08 bits per heavy atom. The van der Waals surface area contributed by atoms with Crippen LogP contribution in [0.5, 0.6) is 0 Å². The highest BCUT2D eigenvalue weighted by Gasteiger charge is 2.19. The standard InChI is InChI=1S/C8H11ClN2S/c1-11-3-2-5-6(4-11)12-8(9)7(5)10/h2-4,10H2,1H3. The van der Waals surface area contributed by atoms with E-state index in [9.17, 15) is 0 Å². The van der Waals surface area contributed by atoms with Crippen molar-refractivity contribution >= 4 is 28.6 Å². The van der Waals surface area contributed by atoms with E-state index in [1.165, 1.54) is 10.4 Å². The Morgan fingerprint density at radius 2 is 2.33 bits per heavy atom. The smallest absolute Gasteiger partial charge is 0.116 e. The van der Waals surface area contributed by atoms with E-state index in [2.05, 4.69) is 11.9 Å². The van der Waals surface area contributed by atoms with Gasteiger partial charge in [0.2, 0.25) is 0 Å². The molecule has 2 rings (SSSR count). The molecule has 1 aliphatic heterocycles. The molecule has 0 radical (unpaired) electrons. The summed E-state index contributed by atoms with van der Waals surface area (Å²) in [6.07, 6.45) is 1.04. The van der Waals surface area contributed by atoms with Gasteiger partial charge < -0.3 is 10.6 Å². The average molecular weight is 203 g/mol. The quantitative estimate of drug-likeness (QED) is 0.697. The summed E-state index contributed by atoms with van der Waals surface area (Å²) < 4.78 is 0.760. The van der Waals surface area contributed by atoms with Crippen molar-refractivity contribution in [3.8, 4) is 0 Å². The van der Waals surface area contributed by atoms with Gasteiger partial charge in [0.25, 0.3) is 0 Å². The summed E-state index contributed by atoms with van der Waals surface area (Å²) in [5, 5.41) is 0. The molecule has 2 nitrogen and oxygen atoms in total. The van der Waals surface area contributed by atoms with Gasteiger partial charge in [0, 0.05) is 18.0 Å². The molecule has 12 heavy (non-hydrogen) atoms. The highest BCUT2D eigenvalue weighted by molar-refractivity contribution is 7.17. The molecule has 0 spiro atoms. The van der Waals surface area contributed by atoms with Gasteiger partial charge in [-0.2, -0.15) is 0 Å². The molecule has 0 atom stereocenters. The van der Waals surface area contributed by atoms with Crippen molar-refractivity contribution in [3.63, 3.8) is 0 Å². The second-order valence-electron chi connectivity index (χ2n) is 3.18. The lowest BCUT2D eigenvalue weighted by atomic mass is 10.1. The molecule has 0 bridgehead atoms. The fraction of sp³-hybridized carbons (Fsp3) is 0.500. The Kier molecular flexibility index (Phi) is 2.02. The van der Waals surface area contributed by atoms with E-state index in [1.54, 1.807) is 11.3 Å². The first-order chi connectivity index (χ1) is 5.68. The third-order valence-corrected chi connectivity index (χ3v) is 3.70. The van der Waals surface area contributed by atoms with Gasteiger partial charge in [0.1, 0.15) is 4.34 Å². The third kappa shape index (κ3) is 1.22. The molecule has 1 aromatic heterocycles. The van der Waals surface area contributed by atoms with Crippen LogP contribution in [0.25, 0.3) is 0 Å². The number of nitrogens with two attached hydrogens (primary N) is 1. The average Bonchev–Trinajstić information content (AvgIpc) is 2.28. The number of halogens is 1. The van der Waals surface area contributed by atoms with Crippen molar-refractivity contribution in [1.29, 1.82) is 0 Å². The molecule has 2 N–H and O–H groups in total. The van der Waals surface area contributed by atoms with E-state index in [0.717, 1.165) is 29.5 Å². The second kappa shape index (κ2) is 2.91. The minimum absolute atomic E-state index is 0.760. The van der Waals surface area contributed by atoms with Crippen molar-refractivity contribution in [3.05, 3.63) is 14.8 Å². The Morgan fingerprint density at radius 1 is 1.58 bits per heavy atom. The van der Waals surface area contributed by atoms with Crippen LogP contribution in [0.2, 0.25) is 4.34 Å². The highest BCUT2D eigenvalue weighted by atomic mass is 35.5. The maximum atomic E-state index is 5.94. The summed E-state index contributed by atoms with van der Waals surface area (Å²) in [5.74, 6) is 0. The van der Waals surface area contributed by atoms with E-state index in [1.807, 2.05) is 0 Å². The van der Waals surface area contributed by atoms with Gasteiger partial charge in [-0.25, -0.2) is 0 Å². The molecule has 1 aliphatic rings. The van der Waals surface area contributed by atoms with Gasteiger partial charge in [-0.05, 0) is 19.0 Å². The predicted molar refractivity (Wildman–Crippen MR) is 53.8 cm³/mol. The second-order valence-corrected chi connectivity index (χ2v) is 4.89. The zero-order valence-corrected chi connectivity index (χ0v) is 8.50. The summed E-state index contributed by atoms with van der Waals surface area (Å²) in [7, 11) is 2.12. The van der Waals surface area contributed by atoms with Crippen molar-refractivity contribution in [2.45, 2.75) is 13.0 Å². The number of likely N-dealkylation sites (N-methyl/N-ethyl adjacent to an activating group) is 1. The lowest BCUT2D eigenvalue weighted by Crippen LogP contribution is -2.25. The minimum Gasteiger partial charge on any atom is -0.397 e. The normalized spacial score (nSPS) is 17.8. The Balaban J connectivity index is 2.43. The van der Waals surface area contributed by atoms with Crippen LogP contribution in [0.1, 0.15) is 10.4 Å². The number of rotatable bonds is 0. The zero-order valence-electron chi connectivity index (χ0n) is 6.93. The minimum atomic E-state index is 0.760. The number of anilines is 1. The van der Waals surface area contributed by atoms with Gasteiger partial charge in [-0.1, -0.05) is 11.6 Å². The van der Waals surface area contributed by atoms with Crippen LogP contribution in [0.15, 0.2) is 0 Å². The number of nitrogens with zero attached hydrogens (tertiary/aromatic N) is 1. The van der Waals surface area contributed by atoms with Crippen LogP contribution in [0, 0.1) is 0 Å². The largest absolute Gasteiger partial charge is 0.397 e. The van der Waals surface area contributed by atoms with E-state index < -0.39 is 0 Å². The number of nitrogen functional groups attached to an aromatic ring is 1. The fourth-order valence-electron chi connectivity index (χ4n) is 1.52. The van der Waals surface area contributed by atoms with Gasteiger partial charge in [-0.15, -0.1) is 11.3 Å². The molecule has 0 amide bonds. The molecular weight excluding hydrogens is 192 g/mol. The molecule has 66 valence electrons. The Hall–Kier alpha value is -0.250. The highest BCUT2D eigenvalue weighted by Crippen LogP contribution is 2.37. The summed E-state index contributed by atoms with van der Waals surface area (Å²) in [6.45, 7) is 2.08. The Labute approximate surface area is 80.9 Å². The van der Waals surface area contributed by atoms with Crippen LogP contribution in [0.4, 0.5) is 5.69 Å². The number of hydrogen-bond acceptors (Lipinski definition) is 3. The molecule has 0 saturated carbocycles. The molecule has 0 unspecified atom stereocenters. The van der Waals surface area contributed by atoms with Gasteiger partial charge in [0.05, 0.1) is 5.69 Å². The van der Waals surface area contributed by atoms with Crippen molar-refractivity contribution in [2.24, 2.45) is 0 Å². The van der Waals surface area contributed by atoms with E-state index >= 15 is 0 Å². The number of thiophene rings is 1. The lowest BCUT2D eigenvalue weighted by molar-refractivity contribution is 0.317. The maximum Gasteiger partial charge on any atom is 0.116 e. The topological polar surface area (TPSA) is 29.3 Å². The van der Waals surface area contributed by atoms with E-state index in [4.69, 9.17) is 17.3 Å². The summed E-state index contributed by atoms with van der Waals surface area (Å²) in [5.41, 5.74) is 7.92. The van der Waals surface area contributed by atoms with Gasteiger partial charge >= 0.3 is 0 Å². The molecule has 4 heteroatoms. The molecule has 0 fully saturated rings. The van der Waals surface area contributed by atoms with Crippen molar-refractivity contribution in [2.75, 3.05) is 19.3 Å². The van der Waals surface area contributed by atoms with Crippen LogP contribution in [-0.4, -0.2) is 18.5 Å². The first-order valence-electron chi connectivity index (χ1n) is 3.92. The Bertz CT molecular complexity index is 308.